The van der Waals surface area contributed by atoms with Crippen molar-refractivity contribution in [3.05, 3.63) is 133 Å². The van der Waals surface area contributed by atoms with E-state index in [1.807, 2.05) is 0 Å². The highest BCUT2D eigenvalue weighted by molar-refractivity contribution is 6.89. The van der Waals surface area contributed by atoms with Gasteiger partial charge < -0.3 is 4.90 Å². The van der Waals surface area contributed by atoms with E-state index in [-0.39, 0.29) is 0 Å². The first-order valence-electron chi connectivity index (χ1n) is 13.0. The Morgan fingerprint density at radius 3 is 1.78 bits per heavy atom. The van der Waals surface area contributed by atoms with Crippen molar-refractivity contribution in [2.75, 3.05) is 4.90 Å². The monoisotopic (exact) mass is 493 g/mol. The van der Waals surface area contributed by atoms with Crippen molar-refractivity contribution >= 4 is 51.9 Å². The largest absolute Gasteiger partial charge is 0.311 e. The number of benzene rings is 6. The molecule has 0 aliphatic carbocycles. The zero-order valence-corrected chi connectivity index (χ0v) is 22.6. The summed E-state index contributed by atoms with van der Waals surface area (Å²) < 4.78 is 0. The topological polar surface area (TPSA) is 3.24 Å². The molecule has 0 aromatic heterocycles. The van der Waals surface area contributed by atoms with Crippen molar-refractivity contribution < 1.29 is 0 Å². The molecule has 0 atom stereocenters. The predicted octanol–water partition coefficient (Wildman–Crippen LogP) is 9.67. The molecule has 6 aromatic carbocycles. The quantitative estimate of drug-likeness (QED) is 0.171. The Hall–Kier alpha value is -4.14. The molecule has 0 unspecified atom stereocenters. The molecule has 0 heterocycles. The summed E-state index contributed by atoms with van der Waals surface area (Å²) in [5, 5.41) is 6.57. The van der Waals surface area contributed by atoms with Gasteiger partial charge in [-0.15, -0.1) is 0 Å². The second-order valence-corrected chi connectivity index (χ2v) is 15.7. The van der Waals surface area contributed by atoms with Crippen LogP contribution in [0.1, 0.15) is 0 Å². The Bertz CT molecular complexity index is 1700. The molecule has 1 nitrogen and oxygen atoms in total. The fourth-order valence-electron chi connectivity index (χ4n) is 5.29. The molecule has 0 amide bonds. The average molecular weight is 494 g/mol. The van der Waals surface area contributed by atoms with Crippen LogP contribution >= 0.6 is 0 Å². The van der Waals surface area contributed by atoms with Crippen molar-refractivity contribution in [2.45, 2.75) is 19.6 Å². The Morgan fingerprint density at radius 1 is 0.459 bits per heavy atom. The summed E-state index contributed by atoms with van der Waals surface area (Å²) in [5.74, 6) is 0. The van der Waals surface area contributed by atoms with Gasteiger partial charge in [-0.2, -0.15) is 0 Å². The maximum absolute atomic E-state index is 2.45. The second-order valence-electron chi connectivity index (χ2n) is 10.7. The number of rotatable bonds is 5. The number of nitrogens with zero attached hydrogens (tertiary/aromatic N) is 1. The van der Waals surface area contributed by atoms with Gasteiger partial charge in [-0.1, -0.05) is 123 Å². The van der Waals surface area contributed by atoms with Crippen molar-refractivity contribution in [1.29, 1.82) is 0 Å². The Kier molecular flexibility index (Phi) is 5.90. The summed E-state index contributed by atoms with van der Waals surface area (Å²) in [4.78, 5) is 2.45. The highest BCUT2D eigenvalue weighted by Gasteiger charge is 2.24. The SMILES string of the molecule is C[Si](C)(C)c1ccccc1N(c1ccc(-c2ccccc2)cc1)c1ccc2ccc3ccccc3c2c1. The van der Waals surface area contributed by atoms with Gasteiger partial charge in [-0.05, 0) is 68.2 Å². The molecule has 6 rings (SSSR count). The van der Waals surface area contributed by atoms with Gasteiger partial charge >= 0.3 is 0 Å². The molecule has 0 bridgehead atoms. The Morgan fingerprint density at radius 2 is 1.03 bits per heavy atom. The smallest absolute Gasteiger partial charge is 0.0803 e. The van der Waals surface area contributed by atoms with Gasteiger partial charge in [0.25, 0.3) is 0 Å². The van der Waals surface area contributed by atoms with E-state index in [2.05, 4.69) is 158 Å². The van der Waals surface area contributed by atoms with E-state index in [0.29, 0.717) is 0 Å². The van der Waals surface area contributed by atoms with E-state index in [9.17, 15) is 0 Å². The molecule has 37 heavy (non-hydrogen) atoms. The predicted molar refractivity (Wildman–Crippen MR) is 165 cm³/mol. The zero-order valence-electron chi connectivity index (χ0n) is 21.6. The van der Waals surface area contributed by atoms with E-state index in [4.69, 9.17) is 0 Å². The molecule has 0 saturated heterocycles. The van der Waals surface area contributed by atoms with Gasteiger partial charge in [0.15, 0.2) is 0 Å². The van der Waals surface area contributed by atoms with Crippen LogP contribution in [-0.4, -0.2) is 8.07 Å². The summed E-state index contributed by atoms with van der Waals surface area (Å²) in [6.07, 6.45) is 0. The summed E-state index contributed by atoms with van der Waals surface area (Å²) in [6, 6.07) is 48.6. The Balaban J connectivity index is 1.57. The molecule has 180 valence electrons. The fourth-order valence-corrected chi connectivity index (χ4v) is 6.85. The average Bonchev–Trinajstić information content (AvgIpc) is 2.94. The molecule has 0 fully saturated rings. The van der Waals surface area contributed by atoms with Crippen LogP contribution in [0.25, 0.3) is 32.7 Å². The fraction of sp³-hybridized carbons (Fsp3) is 0.0857. The van der Waals surface area contributed by atoms with E-state index in [1.54, 1.807) is 0 Å². The molecular weight excluding hydrogens is 462 g/mol. The van der Waals surface area contributed by atoms with Gasteiger partial charge in [0.05, 0.1) is 8.07 Å². The van der Waals surface area contributed by atoms with E-state index >= 15 is 0 Å². The van der Waals surface area contributed by atoms with Crippen molar-refractivity contribution in [3.8, 4) is 11.1 Å². The van der Waals surface area contributed by atoms with Gasteiger partial charge in [0.2, 0.25) is 0 Å². The molecule has 2 heteroatoms. The third-order valence-corrected chi connectivity index (χ3v) is 9.21. The summed E-state index contributed by atoms with van der Waals surface area (Å²) in [5.41, 5.74) is 6.09. The lowest BCUT2D eigenvalue weighted by Gasteiger charge is -2.31. The molecule has 0 N–H and O–H groups in total. The maximum atomic E-state index is 2.45. The third-order valence-electron chi connectivity index (χ3n) is 7.17. The number of fused-ring (bicyclic) bond motifs is 3. The summed E-state index contributed by atoms with van der Waals surface area (Å²) in [7, 11) is -1.61. The molecule has 0 radical (unpaired) electrons. The van der Waals surface area contributed by atoms with Gasteiger partial charge in [-0.25, -0.2) is 0 Å². The lowest BCUT2D eigenvalue weighted by molar-refractivity contribution is 1.30. The van der Waals surface area contributed by atoms with Gasteiger partial charge in [-0.3, -0.25) is 0 Å². The highest BCUT2D eigenvalue weighted by atomic mass is 28.3. The number of hydrogen-bond acceptors (Lipinski definition) is 1. The van der Waals surface area contributed by atoms with Crippen molar-refractivity contribution in [2.24, 2.45) is 0 Å². The van der Waals surface area contributed by atoms with Crippen LogP contribution in [0, 0.1) is 0 Å². The number of para-hydroxylation sites is 1. The lowest BCUT2D eigenvalue weighted by atomic mass is 10.0. The van der Waals surface area contributed by atoms with Crippen LogP contribution in [0.2, 0.25) is 19.6 Å². The van der Waals surface area contributed by atoms with Crippen LogP contribution in [0.3, 0.4) is 0 Å². The standard InChI is InChI=1S/C35H31NSi/c1-37(2,3)35-16-10-9-15-34(35)36(30-22-19-27(20-23-30)26-11-5-4-6-12-26)31-24-21-29-18-17-28-13-7-8-14-32(28)33(29)25-31/h4-25H,1-3H3. The van der Waals surface area contributed by atoms with E-state index < -0.39 is 8.07 Å². The van der Waals surface area contributed by atoms with Crippen molar-refractivity contribution in [3.63, 3.8) is 0 Å². The lowest BCUT2D eigenvalue weighted by Crippen LogP contribution is -2.40. The second kappa shape index (κ2) is 9.38. The van der Waals surface area contributed by atoms with Crippen LogP contribution in [0.15, 0.2) is 133 Å². The number of hydrogen-bond donors (Lipinski definition) is 0. The van der Waals surface area contributed by atoms with E-state index in [1.165, 1.54) is 54.9 Å². The molecule has 0 saturated carbocycles. The van der Waals surface area contributed by atoms with Crippen LogP contribution in [0.5, 0.6) is 0 Å². The van der Waals surface area contributed by atoms with Gasteiger partial charge in [0, 0.05) is 17.1 Å². The minimum atomic E-state index is -1.61. The maximum Gasteiger partial charge on any atom is 0.0803 e. The van der Waals surface area contributed by atoms with Crippen LogP contribution in [-0.2, 0) is 0 Å². The molecule has 0 spiro atoms. The first-order valence-corrected chi connectivity index (χ1v) is 16.5. The van der Waals surface area contributed by atoms with Gasteiger partial charge in [0.1, 0.15) is 0 Å². The molecule has 0 aliphatic heterocycles. The normalized spacial score (nSPS) is 11.6. The molecule has 0 aliphatic rings. The summed E-state index contributed by atoms with van der Waals surface area (Å²) >= 11 is 0. The Labute approximate surface area is 220 Å². The highest BCUT2D eigenvalue weighted by Crippen LogP contribution is 2.38. The molecular formula is C35H31NSi. The zero-order chi connectivity index (χ0) is 25.4. The van der Waals surface area contributed by atoms with Crippen LogP contribution in [0.4, 0.5) is 17.1 Å². The number of anilines is 3. The minimum Gasteiger partial charge on any atom is -0.311 e. The third kappa shape index (κ3) is 4.45. The first kappa shape index (κ1) is 23.3. The minimum absolute atomic E-state index is 1.17. The van der Waals surface area contributed by atoms with Crippen LogP contribution < -0.4 is 10.1 Å². The summed E-state index contributed by atoms with van der Waals surface area (Å²) in [6.45, 7) is 7.28. The first-order chi connectivity index (χ1) is 18.0. The van der Waals surface area contributed by atoms with Crippen molar-refractivity contribution in [1.82, 2.24) is 0 Å². The van der Waals surface area contributed by atoms with E-state index in [0.717, 1.165) is 0 Å². The molecule has 6 aromatic rings.